The van der Waals surface area contributed by atoms with Gasteiger partial charge in [0, 0.05) is 61.9 Å². The van der Waals surface area contributed by atoms with Crippen LogP contribution in [0, 0.1) is 11.8 Å². The highest BCUT2D eigenvalue weighted by atomic mass is 16.5. The Labute approximate surface area is 211 Å². The van der Waals surface area contributed by atoms with Gasteiger partial charge in [0.25, 0.3) is 5.91 Å². The number of carbonyl (C=O) groups excluding carboxylic acids is 2. The maximum atomic E-state index is 12.7. The Hall–Kier alpha value is -3.55. The summed E-state index contributed by atoms with van der Waals surface area (Å²) in [6.07, 6.45) is 8.44. The van der Waals surface area contributed by atoms with E-state index in [0.717, 1.165) is 66.9 Å². The first-order chi connectivity index (χ1) is 17.6. The van der Waals surface area contributed by atoms with Gasteiger partial charge in [-0.15, -0.1) is 0 Å². The smallest absolute Gasteiger partial charge is 0.252 e. The number of nitrogens with zero attached hydrogens (tertiary/aromatic N) is 3. The molecule has 36 heavy (non-hydrogen) atoms. The van der Waals surface area contributed by atoms with E-state index in [0.29, 0.717) is 42.3 Å². The summed E-state index contributed by atoms with van der Waals surface area (Å²) in [7, 11) is 1.66. The number of fused-ring (bicyclic) bond motifs is 5. The summed E-state index contributed by atoms with van der Waals surface area (Å²) in [6.45, 7) is 3.26. The number of aromatic amines is 1. The van der Waals surface area contributed by atoms with Gasteiger partial charge >= 0.3 is 0 Å². The Kier molecular flexibility index (Phi) is 6.03. The fourth-order valence-electron chi connectivity index (χ4n) is 6.41. The molecule has 2 bridgehead atoms. The van der Waals surface area contributed by atoms with Gasteiger partial charge in [0.1, 0.15) is 11.6 Å². The molecule has 0 saturated carbocycles. The highest BCUT2D eigenvalue weighted by Gasteiger charge is 2.44. The lowest BCUT2D eigenvalue weighted by Crippen LogP contribution is -2.60. The van der Waals surface area contributed by atoms with Gasteiger partial charge in [0.05, 0.1) is 12.7 Å². The van der Waals surface area contributed by atoms with Crippen LogP contribution in [-0.4, -0.2) is 66.0 Å². The van der Waals surface area contributed by atoms with Crippen molar-refractivity contribution in [3.05, 3.63) is 53.9 Å². The van der Waals surface area contributed by atoms with E-state index in [4.69, 9.17) is 4.74 Å². The largest absolute Gasteiger partial charge is 0.497 e. The molecule has 2 amide bonds. The van der Waals surface area contributed by atoms with Gasteiger partial charge in [-0.25, -0.2) is 4.98 Å². The number of nitrogens with one attached hydrogen (secondary N) is 2. The molecule has 8 nitrogen and oxygen atoms in total. The van der Waals surface area contributed by atoms with E-state index in [2.05, 4.69) is 25.1 Å². The third-order valence-corrected chi connectivity index (χ3v) is 8.17. The van der Waals surface area contributed by atoms with Crippen LogP contribution in [0.25, 0.3) is 10.9 Å². The van der Waals surface area contributed by atoms with Gasteiger partial charge in [0.15, 0.2) is 0 Å². The molecule has 1 aromatic carbocycles. The van der Waals surface area contributed by atoms with Gasteiger partial charge in [-0.3, -0.25) is 9.59 Å². The fraction of sp³-hybridized carbons (Fsp3) is 0.464. The van der Waals surface area contributed by atoms with Crippen molar-refractivity contribution in [3.63, 3.8) is 0 Å². The maximum absolute atomic E-state index is 12.7. The predicted octanol–water partition coefficient (Wildman–Crippen LogP) is 3.38. The molecule has 3 saturated heterocycles. The number of aromatic nitrogens is 2. The molecule has 0 spiro atoms. The molecular formula is C28H33N5O3. The Morgan fingerprint density at radius 2 is 2.14 bits per heavy atom. The maximum Gasteiger partial charge on any atom is 0.252 e. The molecular weight excluding hydrogens is 454 g/mol. The second-order valence-electron chi connectivity index (χ2n) is 10.4. The number of amides is 2. The molecule has 0 radical (unpaired) electrons. The van der Waals surface area contributed by atoms with Crippen molar-refractivity contribution >= 4 is 28.5 Å². The van der Waals surface area contributed by atoms with E-state index in [-0.39, 0.29) is 5.91 Å². The van der Waals surface area contributed by atoms with Gasteiger partial charge < -0.3 is 24.8 Å². The molecule has 0 unspecified atom stereocenters. The topological polar surface area (TPSA) is 90.6 Å². The van der Waals surface area contributed by atoms with E-state index in [9.17, 15) is 9.59 Å². The van der Waals surface area contributed by atoms with Crippen LogP contribution in [0.15, 0.2) is 42.7 Å². The highest BCUT2D eigenvalue weighted by Crippen LogP contribution is 2.38. The lowest BCUT2D eigenvalue weighted by Gasteiger charge is -2.52. The van der Waals surface area contributed by atoms with E-state index in [1.807, 2.05) is 36.5 Å². The van der Waals surface area contributed by atoms with Crippen LogP contribution in [0.2, 0.25) is 0 Å². The van der Waals surface area contributed by atoms with E-state index in [1.165, 1.54) is 6.42 Å². The Morgan fingerprint density at radius 1 is 1.22 bits per heavy atom. The van der Waals surface area contributed by atoms with Crippen molar-refractivity contribution in [2.24, 2.45) is 11.8 Å². The summed E-state index contributed by atoms with van der Waals surface area (Å²) in [5.74, 6) is 2.97. The zero-order valence-electron chi connectivity index (χ0n) is 20.7. The molecule has 3 aromatic rings. The summed E-state index contributed by atoms with van der Waals surface area (Å²) < 4.78 is 5.34. The number of methoxy groups -OCH3 is 1. The van der Waals surface area contributed by atoms with E-state index in [1.54, 1.807) is 13.3 Å². The van der Waals surface area contributed by atoms with Crippen LogP contribution in [0.4, 0.5) is 5.82 Å². The summed E-state index contributed by atoms with van der Waals surface area (Å²) in [6, 6.07) is 10.2. The van der Waals surface area contributed by atoms with E-state index < -0.39 is 0 Å². The molecule has 3 aliphatic rings. The van der Waals surface area contributed by atoms with Crippen LogP contribution in [0.1, 0.15) is 41.6 Å². The molecule has 2 aromatic heterocycles. The zero-order chi connectivity index (χ0) is 24.6. The standard InChI is InChI=1S/C28H33N5O3/c1-36-22-6-7-24-23(12-22)19(13-30-24)9-10-29-28(35)20-5-8-26(31-14-20)32-15-18-11-21(17-32)25-3-2-4-27(34)33(25)16-18/h5-8,12-14,18,21,25,30H,2-4,9-11,15-17H2,1H3,(H,29,35)/t18-,21-,25-/m1/s1. The lowest BCUT2D eigenvalue weighted by atomic mass is 9.76. The third kappa shape index (κ3) is 4.29. The summed E-state index contributed by atoms with van der Waals surface area (Å²) in [5.41, 5.74) is 2.77. The van der Waals surface area contributed by atoms with Crippen LogP contribution >= 0.6 is 0 Å². The minimum absolute atomic E-state index is 0.113. The number of ether oxygens (including phenoxy) is 1. The molecule has 5 heterocycles. The van der Waals surface area contributed by atoms with Crippen LogP contribution < -0.4 is 15.0 Å². The minimum atomic E-state index is -0.113. The van der Waals surface area contributed by atoms with Gasteiger partial charge in [-0.05, 0) is 73.4 Å². The van der Waals surface area contributed by atoms with E-state index >= 15 is 0 Å². The Balaban J connectivity index is 1.06. The Bertz CT molecular complexity index is 1270. The van der Waals surface area contributed by atoms with Crippen molar-refractivity contribution in [2.45, 2.75) is 38.1 Å². The quantitative estimate of drug-likeness (QED) is 0.556. The van der Waals surface area contributed by atoms with Crippen molar-refractivity contribution in [2.75, 3.05) is 38.2 Å². The fourth-order valence-corrected chi connectivity index (χ4v) is 6.41. The number of benzene rings is 1. The number of carbonyl (C=O) groups is 2. The molecule has 0 aliphatic carbocycles. The number of hydrogen-bond acceptors (Lipinski definition) is 5. The molecule has 8 heteroatoms. The minimum Gasteiger partial charge on any atom is -0.497 e. The number of H-pyrrole nitrogens is 1. The Morgan fingerprint density at radius 3 is 2.97 bits per heavy atom. The van der Waals surface area contributed by atoms with Crippen molar-refractivity contribution in [1.82, 2.24) is 20.2 Å². The molecule has 3 fully saturated rings. The van der Waals surface area contributed by atoms with Crippen molar-refractivity contribution in [1.29, 1.82) is 0 Å². The van der Waals surface area contributed by atoms with Crippen molar-refractivity contribution < 1.29 is 14.3 Å². The second-order valence-corrected chi connectivity index (χ2v) is 10.4. The number of piperidine rings is 3. The normalized spacial score (nSPS) is 23.5. The molecule has 2 N–H and O–H groups in total. The zero-order valence-corrected chi connectivity index (χ0v) is 20.7. The summed E-state index contributed by atoms with van der Waals surface area (Å²) in [5, 5.41) is 4.13. The molecule has 3 atom stereocenters. The first kappa shape index (κ1) is 22.9. The molecule has 6 rings (SSSR count). The van der Waals surface area contributed by atoms with Gasteiger partial charge in [0.2, 0.25) is 5.91 Å². The monoisotopic (exact) mass is 487 g/mol. The molecule has 188 valence electrons. The number of hydrogen-bond donors (Lipinski definition) is 2. The van der Waals surface area contributed by atoms with Crippen molar-refractivity contribution in [3.8, 4) is 5.75 Å². The second kappa shape index (κ2) is 9.48. The third-order valence-electron chi connectivity index (χ3n) is 8.17. The van der Waals surface area contributed by atoms with Gasteiger partial charge in [-0.1, -0.05) is 0 Å². The first-order valence-electron chi connectivity index (χ1n) is 13.0. The lowest BCUT2D eigenvalue weighted by molar-refractivity contribution is -0.142. The number of rotatable bonds is 6. The van der Waals surface area contributed by atoms with Gasteiger partial charge in [-0.2, -0.15) is 0 Å². The number of anilines is 1. The van der Waals surface area contributed by atoms with Crippen LogP contribution in [0.5, 0.6) is 5.75 Å². The predicted molar refractivity (Wildman–Crippen MR) is 138 cm³/mol. The van der Waals surface area contributed by atoms with Crippen LogP contribution in [-0.2, 0) is 11.2 Å². The first-order valence-corrected chi connectivity index (χ1v) is 13.0. The average Bonchev–Trinajstić information content (AvgIpc) is 3.31. The average molecular weight is 488 g/mol. The molecule has 3 aliphatic heterocycles. The number of pyridine rings is 1. The highest BCUT2D eigenvalue weighted by molar-refractivity contribution is 5.94. The summed E-state index contributed by atoms with van der Waals surface area (Å²) >= 11 is 0. The van der Waals surface area contributed by atoms with Crippen LogP contribution in [0.3, 0.4) is 0 Å². The summed E-state index contributed by atoms with van der Waals surface area (Å²) in [4.78, 5) is 37.6. The SMILES string of the molecule is COc1ccc2[nH]cc(CCNC(=O)c3ccc(N4C[C@H]5C[C@H](C4)[C@H]4CCCC(=O)N4C5)nc3)c2c1.